The molecule has 4 atom stereocenters. The van der Waals surface area contributed by atoms with Crippen LogP contribution in [-0.2, 0) is 11.2 Å². The summed E-state index contributed by atoms with van der Waals surface area (Å²) in [5.74, 6) is 0.326. The molecule has 4 N–H and O–H groups in total. The molecule has 0 radical (unpaired) electrons. The van der Waals surface area contributed by atoms with Gasteiger partial charge >= 0.3 is 0 Å². The Kier molecular flexibility index (Phi) is 10.2. The van der Waals surface area contributed by atoms with E-state index in [1.165, 1.54) is 23.5 Å². The summed E-state index contributed by atoms with van der Waals surface area (Å²) in [4.78, 5) is 22.4. The first-order valence-corrected chi connectivity index (χ1v) is 11.5. The van der Waals surface area contributed by atoms with Gasteiger partial charge in [-0.25, -0.2) is 4.98 Å². The summed E-state index contributed by atoms with van der Waals surface area (Å²) in [6.07, 6.45) is 1.30. The van der Waals surface area contributed by atoms with Crippen molar-refractivity contribution in [1.29, 1.82) is 0 Å². The van der Waals surface area contributed by atoms with Crippen LogP contribution in [-0.4, -0.2) is 98.5 Å². The Bertz CT molecular complexity index is 886. The van der Waals surface area contributed by atoms with Gasteiger partial charge in [-0.15, -0.1) is 0 Å². The fourth-order valence-electron chi connectivity index (χ4n) is 3.87. The first-order chi connectivity index (χ1) is 16.5. The van der Waals surface area contributed by atoms with Gasteiger partial charge in [-0.05, 0) is 37.3 Å². The number of hydrogen-bond acceptors (Lipinski definition) is 9. The third-order valence-corrected chi connectivity index (χ3v) is 5.73. The van der Waals surface area contributed by atoms with Crippen molar-refractivity contribution in [3.8, 4) is 5.75 Å². The number of rotatable bonds is 3. The van der Waals surface area contributed by atoms with Crippen molar-refractivity contribution in [3.05, 3.63) is 54.1 Å². The van der Waals surface area contributed by atoms with Gasteiger partial charge in [0.05, 0.1) is 19.4 Å². The molecule has 1 aromatic carbocycles. The lowest BCUT2D eigenvalue weighted by atomic mass is 10.0. The highest BCUT2D eigenvalue weighted by Gasteiger charge is 2.34. The van der Waals surface area contributed by atoms with Crippen LogP contribution in [0.15, 0.2) is 42.9 Å². The second-order valence-corrected chi connectivity index (χ2v) is 8.25. The van der Waals surface area contributed by atoms with Crippen LogP contribution in [0.4, 0.5) is 0 Å². The fourth-order valence-corrected chi connectivity index (χ4v) is 3.87. The Morgan fingerprint density at radius 1 is 1.15 bits per heavy atom. The predicted molar refractivity (Wildman–Crippen MR) is 122 cm³/mol. The van der Waals surface area contributed by atoms with Gasteiger partial charge in [0, 0.05) is 32.1 Å². The number of aryl methyl sites for hydroxylation is 1. The van der Waals surface area contributed by atoms with E-state index in [-0.39, 0.29) is 25.4 Å². The van der Waals surface area contributed by atoms with E-state index in [1.807, 2.05) is 24.3 Å². The highest BCUT2D eigenvalue weighted by molar-refractivity contribution is 5.92. The number of carbonyl (C=O) groups excluding carboxylic acids is 1. The topological polar surface area (TPSA) is 145 Å². The predicted octanol–water partition coefficient (Wildman–Crippen LogP) is 0.184. The van der Waals surface area contributed by atoms with E-state index in [2.05, 4.69) is 9.97 Å². The number of benzene rings is 1. The minimum atomic E-state index is -1.52. The lowest BCUT2D eigenvalue weighted by Gasteiger charge is -2.33. The van der Waals surface area contributed by atoms with Gasteiger partial charge < -0.3 is 34.8 Å². The largest absolute Gasteiger partial charge is 0.493 e. The van der Waals surface area contributed by atoms with Crippen molar-refractivity contribution in [3.63, 3.8) is 0 Å². The first kappa shape index (κ1) is 26.0. The average Bonchev–Trinajstić information content (AvgIpc) is 2.87. The molecule has 2 aromatic rings. The summed E-state index contributed by atoms with van der Waals surface area (Å²) < 4.78 is 11.6. The molecule has 3 rings (SSSR count). The zero-order chi connectivity index (χ0) is 24.3. The molecule has 186 valence electrons. The summed E-state index contributed by atoms with van der Waals surface area (Å²) in [6, 6.07) is 7.76. The first-order valence-electron chi connectivity index (χ1n) is 11.5. The van der Waals surface area contributed by atoms with E-state index in [0.717, 1.165) is 24.2 Å². The molecule has 0 spiro atoms. The molecule has 0 bridgehead atoms. The number of carbonyl (C=O) groups is 1. The monoisotopic (exact) mass is 475 g/mol. The van der Waals surface area contributed by atoms with Crippen LogP contribution in [0.2, 0.25) is 0 Å². The molecule has 34 heavy (non-hydrogen) atoms. The van der Waals surface area contributed by atoms with Crippen LogP contribution in [0.5, 0.6) is 5.75 Å². The second-order valence-electron chi connectivity index (χ2n) is 8.25. The van der Waals surface area contributed by atoms with Crippen LogP contribution in [0, 0.1) is 0 Å². The van der Waals surface area contributed by atoms with E-state index in [0.29, 0.717) is 19.4 Å². The molecule has 1 amide bonds. The minimum Gasteiger partial charge on any atom is -0.493 e. The number of aliphatic hydroxyl groups excluding tert-OH is 4. The van der Waals surface area contributed by atoms with Crippen LogP contribution >= 0.6 is 0 Å². The lowest BCUT2D eigenvalue weighted by Crippen LogP contribution is -2.52. The number of β-amino-alcohol motifs (C(OH)–C–C–N with tert-alkyl or cyclic N) is 1. The number of fused-ring (bicyclic) bond motifs is 1. The molecule has 10 heteroatoms. The summed E-state index contributed by atoms with van der Waals surface area (Å²) in [5, 5.41) is 41.0. The molecule has 0 aliphatic carbocycles. The number of amides is 1. The molecule has 0 saturated heterocycles. The smallest absolute Gasteiger partial charge is 0.274 e. The van der Waals surface area contributed by atoms with Gasteiger partial charge in [0.1, 0.15) is 35.9 Å². The van der Waals surface area contributed by atoms with Crippen molar-refractivity contribution >= 4 is 5.91 Å². The Labute approximate surface area is 198 Å². The molecule has 10 nitrogen and oxygen atoms in total. The number of aliphatic hydroxyl groups is 4. The molecule has 1 aliphatic rings. The maximum Gasteiger partial charge on any atom is 0.274 e. The lowest BCUT2D eigenvalue weighted by molar-refractivity contribution is -0.145. The van der Waals surface area contributed by atoms with Crippen LogP contribution in [0.1, 0.15) is 35.3 Å². The maximum absolute atomic E-state index is 13.0. The Morgan fingerprint density at radius 3 is 2.74 bits per heavy atom. The highest BCUT2D eigenvalue weighted by Crippen LogP contribution is 2.21. The van der Waals surface area contributed by atoms with Crippen LogP contribution < -0.4 is 4.74 Å². The van der Waals surface area contributed by atoms with Crippen molar-refractivity contribution in [2.45, 2.75) is 50.1 Å². The van der Waals surface area contributed by atoms with Crippen LogP contribution in [0.25, 0.3) is 0 Å². The van der Waals surface area contributed by atoms with Crippen molar-refractivity contribution < 1.29 is 34.7 Å². The number of aromatic nitrogens is 2. The molecule has 0 unspecified atom stereocenters. The highest BCUT2D eigenvalue weighted by atomic mass is 16.5. The van der Waals surface area contributed by atoms with E-state index >= 15 is 0 Å². The normalized spacial score (nSPS) is 24.0. The fraction of sp³-hybridized carbons (Fsp3) is 0.542. The van der Waals surface area contributed by atoms with Gasteiger partial charge in [0.25, 0.3) is 5.91 Å². The van der Waals surface area contributed by atoms with Gasteiger partial charge in [-0.3, -0.25) is 9.78 Å². The Morgan fingerprint density at radius 2 is 1.97 bits per heavy atom. The van der Waals surface area contributed by atoms with Crippen molar-refractivity contribution in [1.82, 2.24) is 14.9 Å². The summed E-state index contributed by atoms with van der Waals surface area (Å²) in [5.41, 5.74) is 1.16. The van der Waals surface area contributed by atoms with E-state index in [1.54, 1.807) is 0 Å². The molecular formula is C24H33N3O7. The van der Waals surface area contributed by atoms with Gasteiger partial charge in [0.2, 0.25) is 0 Å². The van der Waals surface area contributed by atoms with E-state index in [4.69, 9.17) is 9.47 Å². The Balaban J connectivity index is 1.81. The zero-order valence-corrected chi connectivity index (χ0v) is 19.1. The van der Waals surface area contributed by atoms with Gasteiger partial charge in [0.15, 0.2) is 0 Å². The van der Waals surface area contributed by atoms with E-state index in [9.17, 15) is 25.2 Å². The number of nitrogens with zero attached hydrogens (tertiary/aromatic N) is 3. The maximum atomic E-state index is 13.0. The number of hydrogen-bond donors (Lipinski definition) is 4. The SMILES string of the molecule is O=C(c1cnccn1)N1CCCOc2ccccc2CCCCO[C@H]([C@H](O)CO)[C@H](O)[C@H](O)C1. The second kappa shape index (κ2) is 13.3. The number of para-hydroxylation sites is 1. The van der Waals surface area contributed by atoms with Gasteiger partial charge in [-0.1, -0.05) is 18.2 Å². The molecule has 2 heterocycles. The third kappa shape index (κ3) is 7.18. The molecule has 1 aliphatic heterocycles. The minimum absolute atomic E-state index is 0.105. The number of ether oxygens (including phenoxy) is 2. The summed E-state index contributed by atoms with van der Waals surface area (Å²) in [7, 11) is 0. The van der Waals surface area contributed by atoms with E-state index < -0.39 is 36.9 Å². The zero-order valence-electron chi connectivity index (χ0n) is 19.1. The third-order valence-electron chi connectivity index (χ3n) is 5.73. The molecule has 1 aromatic heterocycles. The van der Waals surface area contributed by atoms with Gasteiger partial charge in [-0.2, -0.15) is 0 Å². The summed E-state index contributed by atoms with van der Waals surface area (Å²) >= 11 is 0. The molecule has 0 saturated carbocycles. The van der Waals surface area contributed by atoms with Crippen LogP contribution in [0.3, 0.4) is 0 Å². The summed E-state index contributed by atoms with van der Waals surface area (Å²) in [6.45, 7) is -0.0618. The average molecular weight is 476 g/mol. The van der Waals surface area contributed by atoms with Crippen molar-refractivity contribution in [2.24, 2.45) is 0 Å². The standard InChI is InChI=1S/C24H33N3O7/c28-16-20(30)23-22(31)19(29)15-27(24(32)18-14-25-9-10-26-18)11-5-13-33-21-8-2-1-6-17(21)7-3-4-12-34-23/h1-2,6,8-10,14,19-20,22-23,28-31H,3-5,7,11-13,15-16H2/t19-,20-,22-,23-/m1/s1. The molecule has 0 fully saturated rings. The van der Waals surface area contributed by atoms with Crippen molar-refractivity contribution in [2.75, 3.05) is 32.9 Å². The quantitative estimate of drug-likeness (QED) is 0.488. The molecular weight excluding hydrogens is 442 g/mol. The Hall–Kier alpha value is -2.63.